The lowest BCUT2D eigenvalue weighted by molar-refractivity contribution is 0.0294. The van der Waals surface area contributed by atoms with E-state index >= 15 is 0 Å². The molecule has 0 aliphatic carbocycles. The molecule has 0 spiro atoms. The summed E-state index contributed by atoms with van der Waals surface area (Å²) in [6, 6.07) is 0. The molecule has 0 radical (unpaired) electrons. The summed E-state index contributed by atoms with van der Waals surface area (Å²) in [5.74, 6) is 0. The molecule has 3 heteroatoms. The van der Waals surface area contributed by atoms with Crippen LogP contribution in [-0.2, 0) is 4.74 Å². The number of methoxy groups -OCH3 is 1. The molecule has 2 unspecified atom stereocenters. The van der Waals surface area contributed by atoms with E-state index in [0.29, 0.717) is 13.0 Å². The van der Waals surface area contributed by atoms with Crippen LogP contribution in [-0.4, -0.2) is 36.1 Å². The molecule has 0 fully saturated rings. The Morgan fingerprint density at radius 2 is 2.00 bits per heavy atom. The van der Waals surface area contributed by atoms with Crippen LogP contribution in [0.15, 0.2) is 0 Å². The van der Waals surface area contributed by atoms with Crippen LogP contribution in [0.5, 0.6) is 0 Å². The molecule has 0 saturated heterocycles. The Morgan fingerprint density at radius 1 is 1.44 bits per heavy atom. The second-order valence-electron chi connectivity index (χ2n) is 2.19. The van der Waals surface area contributed by atoms with E-state index in [0.717, 1.165) is 0 Å². The summed E-state index contributed by atoms with van der Waals surface area (Å²) in [4.78, 5) is 0. The molecule has 0 aliphatic rings. The SMILES string of the molecule is COCC(O)CC(C)O. The highest BCUT2D eigenvalue weighted by Crippen LogP contribution is 1.96. The quantitative estimate of drug-likeness (QED) is 0.558. The fourth-order valence-electron chi connectivity index (χ4n) is 0.654. The van der Waals surface area contributed by atoms with Gasteiger partial charge in [0.05, 0.1) is 18.8 Å². The van der Waals surface area contributed by atoms with Gasteiger partial charge in [-0.25, -0.2) is 0 Å². The second-order valence-corrected chi connectivity index (χ2v) is 2.19. The molecule has 56 valence electrons. The monoisotopic (exact) mass is 134 g/mol. The molecule has 0 aliphatic heterocycles. The zero-order valence-corrected chi connectivity index (χ0v) is 5.87. The standard InChI is InChI=1S/C6H14O3/c1-5(7)3-6(8)4-9-2/h5-8H,3-4H2,1-2H3. The summed E-state index contributed by atoms with van der Waals surface area (Å²) in [6.07, 6.45) is -0.599. The van der Waals surface area contributed by atoms with Gasteiger partial charge in [-0.2, -0.15) is 0 Å². The van der Waals surface area contributed by atoms with Crippen molar-refractivity contribution >= 4 is 0 Å². The topological polar surface area (TPSA) is 49.7 Å². The highest BCUT2D eigenvalue weighted by molar-refractivity contribution is 4.57. The Bertz CT molecular complexity index is 63.3. The van der Waals surface area contributed by atoms with Crippen molar-refractivity contribution in [3.8, 4) is 0 Å². The molecule has 0 aromatic carbocycles. The fraction of sp³-hybridized carbons (Fsp3) is 1.00. The van der Waals surface area contributed by atoms with Gasteiger partial charge in [-0.1, -0.05) is 0 Å². The highest BCUT2D eigenvalue weighted by Gasteiger charge is 2.05. The molecular formula is C6H14O3. The van der Waals surface area contributed by atoms with Crippen molar-refractivity contribution in [1.82, 2.24) is 0 Å². The van der Waals surface area contributed by atoms with Gasteiger partial charge >= 0.3 is 0 Å². The van der Waals surface area contributed by atoms with Gasteiger partial charge in [-0.15, -0.1) is 0 Å². The number of aliphatic hydroxyl groups is 2. The van der Waals surface area contributed by atoms with E-state index in [4.69, 9.17) is 10.2 Å². The summed E-state index contributed by atoms with van der Waals surface area (Å²) >= 11 is 0. The lowest BCUT2D eigenvalue weighted by atomic mass is 10.2. The third-order valence-electron chi connectivity index (χ3n) is 0.972. The first-order valence-electron chi connectivity index (χ1n) is 3.02. The molecule has 3 nitrogen and oxygen atoms in total. The molecule has 9 heavy (non-hydrogen) atoms. The van der Waals surface area contributed by atoms with E-state index in [9.17, 15) is 0 Å². The van der Waals surface area contributed by atoms with Crippen molar-refractivity contribution in [3.05, 3.63) is 0 Å². The molecular weight excluding hydrogens is 120 g/mol. The first-order chi connectivity index (χ1) is 4.16. The first-order valence-corrected chi connectivity index (χ1v) is 3.02. The van der Waals surface area contributed by atoms with Gasteiger partial charge in [0.2, 0.25) is 0 Å². The first kappa shape index (κ1) is 8.88. The number of rotatable bonds is 4. The minimum atomic E-state index is -0.532. The molecule has 0 rings (SSSR count). The largest absolute Gasteiger partial charge is 0.393 e. The molecule has 2 N–H and O–H groups in total. The van der Waals surface area contributed by atoms with E-state index in [1.54, 1.807) is 6.92 Å². The van der Waals surface area contributed by atoms with Crippen LogP contribution in [0.1, 0.15) is 13.3 Å². The highest BCUT2D eigenvalue weighted by atomic mass is 16.5. The van der Waals surface area contributed by atoms with Crippen molar-refractivity contribution in [1.29, 1.82) is 0 Å². The van der Waals surface area contributed by atoms with E-state index in [2.05, 4.69) is 4.74 Å². The van der Waals surface area contributed by atoms with Crippen LogP contribution in [0.25, 0.3) is 0 Å². The molecule has 0 bridgehead atoms. The zero-order valence-electron chi connectivity index (χ0n) is 5.87. The lowest BCUT2D eigenvalue weighted by Crippen LogP contribution is -2.19. The minimum absolute atomic E-state index is 0.297. The van der Waals surface area contributed by atoms with Crippen molar-refractivity contribution in [3.63, 3.8) is 0 Å². The Kier molecular flexibility index (Phi) is 4.67. The van der Waals surface area contributed by atoms with Crippen molar-refractivity contribution in [2.75, 3.05) is 13.7 Å². The lowest BCUT2D eigenvalue weighted by Gasteiger charge is -2.09. The van der Waals surface area contributed by atoms with Gasteiger partial charge < -0.3 is 14.9 Å². The van der Waals surface area contributed by atoms with Gasteiger partial charge in [0, 0.05) is 13.5 Å². The maximum absolute atomic E-state index is 8.93. The summed E-state index contributed by atoms with van der Waals surface area (Å²) in [5, 5.41) is 17.7. The van der Waals surface area contributed by atoms with Crippen LogP contribution in [0.2, 0.25) is 0 Å². The van der Waals surface area contributed by atoms with Gasteiger partial charge in [0.15, 0.2) is 0 Å². The molecule has 0 heterocycles. The third kappa shape index (κ3) is 5.76. The fourth-order valence-corrected chi connectivity index (χ4v) is 0.654. The van der Waals surface area contributed by atoms with E-state index < -0.39 is 12.2 Å². The van der Waals surface area contributed by atoms with Gasteiger partial charge in [-0.05, 0) is 6.92 Å². The van der Waals surface area contributed by atoms with Gasteiger partial charge in [0.25, 0.3) is 0 Å². The number of hydrogen-bond donors (Lipinski definition) is 2. The molecule has 0 amide bonds. The Morgan fingerprint density at radius 3 is 2.33 bits per heavy atom. The summed E-state index contributed by atoms with van der Waals surface area (Å²) < 4.78 is 4.64. The molecule has 0 aromatic rings. The molecule has 2 atom stereocenters. The van der Waals surface area contributed by atoms with E-state index in [1.807, 2.05) is 0 Å². The van der Waals surface area contributed by atoms with Crippen LogP contribution in [0.4, 0.5) is 0 Å². The van der Waals surface area contributed by atoms with Crippen LogP contribution < -0.4 is 0 Å². The average molecular weight is 134 g/mol. The van der Waals surface area contributed by atoms with Gasteiger partial charge in [-0.3, -0.25) is 0 Å². The van der Waals surface area contributed by atoms with Crippen molar-refractivity contribution < 1.29 is 14.9 Å². The third-order valence-corrected chi connectivity index (χ3v) is 0.972. The van der Waals surface area contributed by atoms with E-state index in [-0.39, 0.29) is 0 Å². The number of ether oxygens (including phenoxy) is 1. The summed E-state index contributed by atoms with van der Waals surface area (Å²) in [7, 11) is 1.52. The van der Waals surface area contributed by atoms with Crippen LogP contribution >= 0.6 is 0 Å². The minimum Gasteiger partial charge on any atom is -0.393 e. The maximum Gasteiger partial charge on any atom is 0.0798 e. The summed E-state index contributed by atoms with van der Waals surface area (Å²) in [6.45, 7) is 1.93. The Labute approximate surface area is 55.3 Å². The van der Waals surface area contributed by atoms with Crippen molar-refractivity contribution in [2.24, 2.45) is 0 Å². The van der Waals surface area contributed by atoms with Crippen LogP contribution in [0, 0.1) is 0 Å². The Hall–Kier alpha value is -0.120. The number of aliphatic hydroxyl groups excluding tert-OH is 2. The smallest absolute Gasteiger partial charge is 0.0798 e. The van der Waals surface area contributed by atoms with Gasteiger partial charge in [0.1, 0.15) is 0 Å². The normalized spacial score (nSPS) is 17.3. The second kappa shape index (κ2) is 4.73. The molecule has 0 saturated carbocycles. The number of hydrogen-bond acceptors (Lipinski definition) is 3. The Balaban J connectivity index is 3.15. The average Bonchev–Trinajstić information content (AvgIpc) is 1.63. The summed E-state index contributed by atoms with van der Waals surface area (Å²) in [5.41, 5.74) is 0. The molecule has 0 aromatic heterocycles. The van der Waals surface area contributed by atoms with E-state index in [1.165, 1.54) is 7.11 Å². The van der Waals surface area contributed by atoms with Crippen molar-refractivity contribution in [2.45, 2.75) is 25.6 Å². The maximum atomic E-state index is 8.93. The predicted molar refractivity (Wildman–Crippen MR) is 34.2 cm³/mol. The predicted octanol–water partition coefficient (Wildman–Crippen LogP) is -0.235. The van der Waals surface area contributed by atoms with Crippen LogP contribution in [0.3, 0.4) is 0 Å². The zero-order chi connectivity index (χ0) is 7.28.